The standard InChI is InChI=1S/C19H19FN2O3/c1-13(23)15-6-8-17(9-7-15)21-19(25)10-11-22(14(2)24)18-5-3-4-16(20)12-18/h3-9,12H,10-11H2,1-2H3,(H,21,25). The highest BCUT2D eigenvalue weighted by atomic mass is 19.1. The molecule has 0 aliphatic carbocycles. The van der Waals surface area contributed by atoms with Crippen molar-refractivity contribution in [3.8, 4) is 0 Å². The van der Waals surface area contributed by atoms with Gasteiger partial charge in [0.2, 0.25) is 11.8 Å². The van der Waals surface area contributed by atoms with Gasteiger partial charge < -0.3 is 10.2 Å². The number of carbonyl (C=O) groups is 3. The topological polar surface area (TPSA) is 66.5 Å². The van der Waals surface area contributed by atoms with E-state index in [1.165, 1.54) is 36.9 Å². The minimum absolute atomic E-state index is 0.0509. The van der Waals surface area contributed by atoms with E-state index < -0.39 is 5.82 Å². The number of rotatable bonds is 6. The van der Waals surface area contributed by atoms with E-state index in [0.717, 1.165) is 0 Å². The van der Waals surface area contributed by atoms with Gasteiger partial charge in [0.1, 0.15) is 5.82 Å². The molecule has 2 aromatic rings. The van der Waals surface area contributed by atoms with E-state index in [1.807, 2.05) is 0 Å². The van der Waals surface area contributed by atoms with Gasteiger partial charge in [-0.15, -0.1) is 0 Å². The average Bonchev–Trinajstić information content (AvgIpc) is 2.55. The van der Waals surface area contributed by atoms with E-state index in [-0.39, 0.29) is 30.6 Å². The van der Waals surface area contributed by atoms with E-state index in [0.29, 0.717) is 16.9 Å². The first-order valence-electron chi connectivity index (χ1n) is 7.81. The SMILES string of the molecule is CC(=O)c1ccc(NC(=O)CCN(C(C)=O)c2cccc(F)c2)cc1. The lowest BCUT2D eigenvalue weighted by molar-refractivity contribution is -0.117. The van der Waals surface area contributed by atoms with Crippen LogP contribution in [0, 0.1) is 5.82 Å². The van der Waals surface area contributed by atoms with Gasteiger partial charge in [0, 0.05) is 36.8 Å². The summed E-state index contributed by atoms with van der Waals surface area (Å²) in [7, 11) is 0. The van der Waals surface area contributed by atoms with Gasteiger partial charge >= 0.3 is 0 Å². The molecule has 0 radical (unpaired) electrons. The molecule has 1 N–H and O–H groups in total. The van der Waals surface area contributed by atoms with Gasteiger partial charge in [-0.2, -0.15) is 0 Å². The molecule has 2 aromatic carbocycles. The Labute approximate surface area is 145 Å². The van der Waals surface area contributed by atoms with E-state index in [4.69, 9.17) is 0 Å². The Morgan fingerprint density at radius 2 is 1.72 bits per heavy atom. The lowest BCUT2D eigenvalue weighted by Crippen LogP contribution is -2.32. The highest BCUT2D eigenvalue weighted by molar-refractivity contribution is 5.96. The normalized spacial score (nSPS) is 10.2. The summed E-state index contributed by atoms with van der Waals surface area (Å²) in [6.45, 7) is 2.97. The molecule has 5 nitrogen and oxygen atoms in total. The van der Waals surface area contributed by atoms with Crippen molar-refractivity contribution < 1.29 is 18.8 Å². The molecule has 0 saturated carbocycles. The van der Waals surface area contributed by atoms with Crippen molar-refractivity contribution in [2.45, 2.75) is 20.3 Å². The predicted molar refractivity (Wildman–Crippen MR) is 94.1 cm³/mol. The van der Waals surface area contributed by atoms with E-state index in [2.05, 4.69) is 5.32 Å². The van der Waals surface area contributed by atoms with Gasteiger partial charge in [-0.3, -0.25) is 14.4 Å². The van der Waals surface area contributed by atoms with Crippen LogP contribution in [-0.2, 0) is 9.59 Å². The van der Waals surface area contributed by atoms with Gasteiger partial charge in [-0.05, 0) is 49.4 Å². The number of hydrogen-bond acceptors (Lipinski definition) is 3. The van der Waals surface area contributed by atoms with Crippen LogP contribution in [0.25, 0.3) is 0 Å². The van der Waals surface area contributed by atoms with Crippen LogP contribution in [0.4, 0.5) is 15.8 Å². The Morgan fingerprint density at radius 3 is 2.28 bits per heavy atom. The number of amides is 2. The van der Waals surface area contributed by atoms with Crippen LogP contribution in [0.5, 0.6) is 0 Å². The number of carbonyl (C=O) groups excluding carboxylic acids is 3. The monoisotopic (exact) mass is 342 g/mol. The molecule has 0 aromatic heterocycles. The van der Waals surface area contributed by atoms with Crippen LogP contribution in [0.3, 0.4) is 0 Å². The Balaban J connectivity index is 1.97. The Bertz CT molecular complexity index is 788. The number of ketones is 1. The van der Waals surface area contributed by atoms with Crippen molar-refractivity contribution in [1.29, 1.82) is 0 Å². The van der Waals surface area contributed by atoms with Crippen LogP contribution < -0.4 is 10.2 Å². The second kappa shape index (κ2) is 8.19. The van der Waals surface area contributed by atoms with Crippen molar-refractivity contribution >= 4 is 29.0 Å². The third-order valence-electron chi connectivity index (χ3n) is 3.64. The van der Waals surface area contributed by atoms with E-state index in [9.17, 15) is 18.8 Å². The number of nitrogens with one attached hydrogen (secondary N) is 1. The summed E-state index contributed by atoms with van der Waals surface area (Å²) in [5.74, 6) is -1.05. The van der Waals surface area contributed by atoms with Gasteiger partial charge in [-0.1, -0.05) is 6.07 Å². The maximum atomic E-state index is 13.3. The average molecular weight is 342 g/mol. The Hall–Kier alpha value is -3.02. The van der Waals surface area contributed by atoms with Crippen molar-refractivity contribution in [1.82, 2.24) is 0 Å². The zero-order valence-electron chi connectivity index (χ0n) is 14.1. The molecule has 130 valence electrons. The summed E-state index contributed by atoms with van der Waals surface area (Å²) in [6.07, 6.45) is 0.0601. The van der Waals surface area contributed by atoms with Crippen LogP contribution in [0.2, 0.25) is 0 Å². The Kier molecular flexibility index (Phi) is 6.00. The summed E-state index contributed by atoms with van der Waals surface area (Å²) in [6, 6.07) is 12.2. The lowest BCUT2D eigenvalue weighted by Gasteiger charge is -2.21. The molecule has 0 unspecified atom stereocenters. The molecule has 0 aliphatic heterocycles. The minimum atomic E-state index is -0.446. The highest BCUT2D eigenvalue weighted by Crippen LogP contribution is 2.17. The van der Waals surface area contributed by atoms with Gasteiger partial charge in [0.25, 0.3) is 0 Å². The first kappa shape index (κ1) is 18.3. The van der Waals surface area contributed by atoms with E-state index >= 15 is 0 Å². The zero-order valence-corrected chi connectivity index (χ0v) is 14.1. The number of nitrogens with zero attached hydrogens (tertiary/aromatic N) is 1. The third kappa shape index (κ3) is 5.24. The number of halogens is 1. The zero-order chi connectivity index (χ0) is 18.4. The molecular formula is C19H19FN2O3. The molecule has 0 heterocycles. The predicted octanol–water partition coefficient (Wildman–Crippen LogP) is 3.41. The molecule has 0 atom stereocenters. The molecule has 0 fully saturated rings. The fourth-order valence-electron chi connectivity index (χ4n) is 2.34. The first-order valence-corrected chi connectivity index (χ1v) is 7.81. The van der Waals surface area contributed by atoms with Gasteiger partial charge in [0.15, 0.2) is 5.78 Å². The summed E-state index contributed by atoms with van der Waals surface area (Å²) in [5, 5.41) is 2.70. The molecule has 0 saturated heterocycles. The molecule has 2 rings (SSSR count). The number of benzene rings is 2. The van der Waals surface area contributed by atoms with Gasteiger partial charge in [-0.25, -0.2) is 4.39 Å². The largest absolute Gasteiger partial charge is 0.326 e. The van der Waals surface area contributed by atoms with Crippen molar-refractivity contribution in [2.75, 3.05) is 16.8 Å². The summed E-state index contributed by atoms with van der Waals surface area (Å²) < 4.78 is 13.3. The fourth-order valence-corrected chi connectivity index (χ4v) is 2.34. The molecular weight excluding hydrogens is 323 g/mol. The fraction of sp³-hybridized carbons (Fsp3) is 0.211. The van der Waals surface area contributed by atoms with Crippen molar-refractivity contribution in [2.24, 2.45) is 0 Å². The smallest absolute Gasteiger partial charge is 0.226 e. The number of hydrogen-bond donors (Lipinski definition) is 1. The summed E-state index contributed by atoms with van der Waals surface area (Å²) in [5.41, 5.74) is 1.54. The highest BCUT2D eigenvalue weighted by Gasteiger charge is 2.14. The summed E-state index contributed by atoms with van der Waals surface area (Å²) in [4.78, 5) is 36.4. The quantitative estimate of drug-likeness (QED) is 0.818. The maximum Gasteiger partial charge on any atom is 0.226 e. The minimum Gasteiger partial charge on any atom is -0.326 e. The summed E-state index contributed by atoms with van der Waals surface area (Å²) >= 11 is 0. The maximum absolute atomic E-state index is 13.3. The second-order valence-corrected chi connectivity index (χ2v) is 5.58. The number of anilines is 2. The molecule has 0 aliphatic rings. The molecule has 0 bridgehead atoms. The van der Waals surface area contributed by atoms with E-state index in [1.54, 1.807) is 30.3 Å². The lowest BCUT2D eigenvalue weighted by atomic mass is 10.1. The first-order chi connectivity index (χ1) is 11.9. The second-order valence-electron chi connectivity index (χ2n) is 5.58. The van der Waals surface area contributed by atoms with Crippen molar-refractivity contribution in [3.05, 3.63) is 59.9 Å². The van der Waals surface area contributed by atoms with Crippen LogP contribution >= 0.6 is 0 Å². The van der Waals surface area contributed by atoms with Gasteiger partial charge in [0.05, 0.1) is 0 Å². The molecule has 6 heteroatoms. The third-order valence-corrected chi connectivity index (χ3v) is 3.64. The van der Waals surface area contributed by atoms with Crippen LogP contribution in [0.15, 0.2) is 48.5 Å². The molecule has 25 heavy (non-hydrogen) atoms. The van der Waals surface area contributed by atoms with Crippen molar-refractivity contribution in [3.63, 3.8) is 0 Å². The van der Waals surface area contributed by atoms with Crippen LogP contribution in [0.1, 0.15) is 30.6 Å². The Morgan fingerprint density at radius 1 is 1.04 bits per heavy atom. The molecule has 0 spiro atoms. The molecule has 2 amide bonds. The van der Waals surface area contributed by atoms with Crippen LogP contribution in [-0.4, -0.2) is 24.1 Å². The number of Topliss-reactive ketones (excluding diaryl/α,β-unsaturated/α-hetero) is 1.